The van der Waals surface area contributed by atoms with Gasteiger partial charge in [0.25, 0.3) is 9.05 Å². The van der Waals surface area contributed by atoms with Crippen LogP contribution < -0.4 is 0 Å². The first-order valence-corrected chi connectivity index (χ1v) is 7.39. The fraction of sp³-hybridized carbons (Fsp3) is 0. The second-order valence-electron chi connectivity index (χ2n) is 2.28. The molecule has 1 aromatic rings. The number of hydrogen-bond donors (Lipinski definition) is 0. The van der Waals surface area contributed by atoms with Gasteiger partial charge in [-0.1, -0.05) is 0 Å². The van der Waals surface area contributed by atoms with E-state index in [9.17, 15) is 8.42 Å². The first-order valence-electron chi connectivity index (χ1n) is 3.20. The number of halogens is 3. The summed E-state index contributed by atoms with van der Waals surface area (Å²) >= 11 is 4.98. The Morgan fingerprint density at radius 2 is 2.07 bits per heavy atom. The van der Waals surface area contributed by atoms with Gasteiger partial charge in [-0.3, -0.25) is 0 Å². The van der Waals surface area contributed by atoms with Crippen LogP contribution in [0.2, 0.25) is 0 Å². The Morgan fingerprint density at radius 1 is 1.50 bits per heavy atom. The molecule has 0 radical (unpaired) electrons. The number of nitriles is 1. The third kappa shape index (κ3) is 2.39. The quantitative estimate of drug-likeness (QED) is 0.532. The molecule has 3 nitrogen and oxygen atoms in total. The van der Waals surface area contributed by atoms with Crippen LogP contribution >= 0.6 is 49.2 Å². The molecule has 0 saturated heterocycles. The highest BCUT2D eigenvalue weighted by Gasteiger charge is 2.18. The predicted octanol–water partition coefficient (Wildman–Crippen LogP) is 2.85. The van der Waals surface area contributed by atoms with Crippen molar-refractivity contribution < 1.29 is 8.42 Å². The molecule has 0 aliphatic heterocycles. The van der Waals surface area contributed by atoms with E-state index in [1.165, 1.54) is 12.1 Å². The second-order valence-corrected chi connectivity index (χ2v) is 6.77. The third-order valence-corrected chi connectivity index (χ3v) is 4.78. The zero-order valence-electron chi connectivity index (χ0n) is 6.46. The molecule has 7 heteroatoms. The Hall–Kier alpha value is 0.160. The van der Waals surface area contributed by atoms with Crippen molar-refractivity contribution in [2.75, 3.05) is 0 Å². The minimum absolute atomic E-state index is 0.0869. The van der Waals surface area contributed by atoms with Gasteiger partial charge in [-0.2, -0.15) is 5.26 Å². The van der Waals surface area contributed by atoms with Crippen LogP contribution in [-0.2, 0) is 9.05 Å². The van der Waals surface area contributed by atoms with Gasteiger partial charge in [-0.15, -0.1) is 0 Å². The van der Waals surface area contributed by atoms with Gasteiger partial charge in [-0.25, -0.2) is 8.42 Å². The minimum Gasteiger partial charge on any atom is -0.207 e. The van der Waals surface area contributed by atoms with Crippen LogP contribution in [0.25, 0.3) is 0 Å². The van der Waals surface area contributed by atoms with Gasteiger partial charge in [-0.05, 0) is 50.7 Å². The van der Waals surface area contributed by atoms with Crippen LogP contribution in [0.15, 0.2) is 21.5 Å². The zero-order valence-corrected chi connectivity index (χ0v) is 11.8. The SMILES string of the molecule is N#Cc1c(I)ccc(S(=O)(=O)Cl)c1Br. The molecule has 0 amide bonds. The van der Waals surface area contributed by atoms with Crippen LogP contribution in [-0.4, -0.2) is 8.42 Å². The van der Waals surface area contributed by atoms with Crippen molar-refractivity contribution >= 4 is 58.3 Å². The second kappa shape index (κ2) is 4.35. The summed E-state index contributed by atoms with van der Waals surface area (Å²) in [7, 11) is 1.36. The molecule has 0 atom stereocenters. The molecule has 0 aliphatic carbocycles. The van der Waals surface area contributed by atoms with Crippen LogP contribution in [0.4, 0.5) is 0 Å². The standard InChI is InChI=1S/C7H2BrClINO2S/c8-7-4(3-11)5(10)1-2-6(7)14(9,12)13/h1-2H. The summed E-state index contributed by atoms with van der Waals surface area (Å²) in [5.74, 6) is 0. The molecule has 0 bridgehead atoms. The summed E-state index contributed by atoms with van der Waals surface area (Å²) in [5.41, 5.74) is 0.271. The molecular weight excluding hydrogens is 404 g/mol. The maximum absolute atomic E-state index is 11.1. The molecule has 14 heavy (non-hydrogen) atoms. The lowest BCUT2D eigenvalue weighted by molar-refractivity contribution is 0.609. The van der Waals surface area contributed by atoms with Crippen molar-refractivity contribution in [1.29, 1.82) is 5.26 Å². The highest BCUT2D eigenvalue weighted by molar-refractivity contribution is 14.1. The van der Waals surface area contributed by atoms with E-state index in [4.69, 9.17) is 15.9 Å². The normalized spacial score (nSPS) is 11.0. The summed E-state index contributed by atoms with van der Waals surface area (Å²) in [5, 5.41) is 8.77. The fourth-order valence-electron chi connectivity index (χ4n) is 0.824. The lowest BCUT2D eigenvalue weighted by atomic mass is 10.2. The average molecular weight is 406 g/mol. The highest BCUT2D eigenvalue weighted by Crippen LogP contribution is 2.30. The van der Waals surface area contributed by atoms with Crippen LogP contribution in [0.1, 0.15) is 5.56 Å². The summed E-state index contributed by atoms with van der Waals surface area (Å²) in [6.45, 7) is 0. The third-order valence-electron chi connectivity index (χ3n) is 1.43. The smallest absolute Gasteiger partial charge is 0.207 e. The van der Waals surface area contributed by atoms with Gasteiger partial charge in [0.05, 0.1) is 14.9 Å². The Balaban J connectivity index is 3.62. The summed E-state index contributed by atoms with van der Waals surface area (Å²) in [6, 6.07) is 4.78. The van der Waals surface area contributed by atoms with Gasteiger partial charge in [0.15, 0.2) is 0 Å². The first kappa shape index (κ1) is 12.2. The van der Waals surface area contributed by atoms with Gasteiger partial charge in [0.2, 0.25) is 0 Å². The van der Waals surface area contributed by atoms with Gasteiger partial charge >= 0.3 is 0 Å². The van der Waals surface area contributed by atoms with Gasteiger partial charge in [0, 0.05) is 14.3 Å². The molecule has 0 heterocycles. The summed E-state index contributed by atoms with van der Waals surface area (Å²) < 4.78 is 23.0. The summed E-state index contributed by atoms with van der Waals surface area (Å²) in [4.78, 5) is -0.0869. The van der Waals surface area contributed by atoms with Crippen LogP contribution in [0.3, 0.4) is 0 Å². The average Bonchev–Trinajstić information content (AvgIpc) is 2.02. The molecule has 1 rings (SSSR count). The molecule has 74 valence electrons. The lowest BCUT2D eigenvalue weighted by Crippen LogP contribution is -1.96. The van der Waals surface area contributed by atoms with E-state index in [0.29, 0.717) is 3.57 Å². The van der Waals surface area contributed by atoms with E-state index in [-0.39, 0.29) is 14.9 Å². The van der Waals surface area contributed by atoms with Crippen molar-refractivity contribution in [3.8, 4) is 6.07 Å². The number of hydrogen-bond acceptors (Lipinski definition) is 3. The van der Waals surface area contributed by atoms with Gasteiger partial charge in [0.1, 0.15) is 6.07 Å². The topological polar surface area (TPSA) is 57.9 Å². The maximum Gasteiger partial charge on any atom is 0.262 e. The zero-order chi connectivity index (χ0) is 10.9. The molecule has 0 N–H and O–H groups in total. The number of nitrogens with zero attached hydrogens (tertiary/aromatic N) is 1. The molecule has 1 aromatic carbocycles. The maximum atomic E-state index is 11.1. The Labute approximate surface area is 108 Å². The molecule has 0 saturated carbocycles. The number of rotatable bonds is 1. The Kier molecular flexibility index (Phi) is 3.80. The van der Waals surface area contributed by atoms with Crippen molar-refractivity contribution in [2.45, 2.75) is 4.90 Å². The van der Waals surface area contributed by atoms with E-state index in [1.54, 1.807) is 0 Å². The van der Waals surface area contributed by atoms with Crippen molar-refractivity contribution in [2.24, 2.45) is 0 Å². The van der Waals surface area contributed by atoms with Crippen molar-refractivity contribution in [3.05, 3.63) is 25.7 Å². The van der Waals surface area contributed by atoms with E-state index in [2.05, 4.69) is 15.9 Å². The van der Waals surface area contributed by atoms with E-state index < -0.39 is 9.05 Å². The Bertz CT molecular complexity index is 523. The molecule has 0 spiro atoms. The fourth-order valence-corrected chi connectivity index (χ4v) is 4.05. The van der Waals surface area contributed by atoms with Crippen molar-refractivity contribution in [1.82, 2.24) is 0 Å². The highest BCUT2D eigenvalue weighted by atomic mass is 127. The predicted molar refractivity (Wildman–Crippen MR) is 64.6 cm³/mol. The van der Waals surface area contributed by atoms with E-state index >= 15 is 0 Å². The first-order chi connectivity index (χ1) is 6.38. The molecule has 0 fully saturated rings. The lowest BCUT2D eigenvalue weighted by Gasteiger charge is -2.03. The van der Waals surface area contributed by atoms with E-state index in [1.807, 2.05) is 28.7 Å². The molecule has 0 aliphatic rings. The molecular formula is C7H2BrClINO2S. The largest absolute Gasteiger partial charge is 0.262 e. The van der Waals surface area contributed by atoms with Crippen molar-refractivity contribution in [3.63, 3.8) is 0 Å². The number of benzene rings is 1. The summed E-state index contributed by atoms with van der Waals surface area (Å²) in [6.07, 6.45) is 0. The Morgan fingerprint density at radius 3 is 2.50 bits per heavy atom. The van der Waals surface area contributed by atoms with Crippen LogP contribution in [0.5, 0.6) is 0 Å². The monoisotopic (exact) mass is 405 g/mol. The van der Waals surface area contributed by atoms with Gasteiger partial charge < -0.3 is 0 Å². The van der Waals surface area contributed by atoms with Crippen LogP contribution in [0, 0.1) is 14.9 Å². The molecule has 0 aromatic heterocycles. The minimum atomic E-state index is -3.81. The van der Waals surface area contributed by atoms with E-state index in [0.717, 1.165) is 0 Å². The molecule has 0 unspecified atom stereocenters.